The molecular formula is C20H34O2. The van der Waals surface area contributed by atoms with Crippen molar-refractivity contribution in [1.29, 1.82) is 0 Å². The van der Waals surface area contributed by atoms with Crippen LogP contribution in [0.5, 0.6) is 0 Å². The standard InChI is InChI=1S/C20H34O2/c1-13(18(2,3)4)17(21)22-19(5,6)20-10-14-7-15(11-20)9-16(8-14)12-20/h13-16H,7-12H2,1-6H3. The Kier molecular flexibility index (Phi) is 3.70. The van der Waals surface area contributed by atoms with E-state index in [1.807, 2.05) is 6.92 Å². The molecule has 2 heteroatoms. The molecule has 0 amide bonds. The van der Waals surface area contributed by atoms with Gasteiger partial charge in [-0.1, -0.05) is 27.7 Å². The van der Waals surface area contributed by atoms with Gasteiger partial charge in [0.25, 0.3) is 0 Å². The SMILES string of the molecule is CC(C(=O)OC(C)(C)C12CC3CC(CC(C3)C1)C2)C(C)(C)C. The molecule has 1 atom stereocenters. The van der Waals surface area contributed by atoms with E-state index in [4.69, 9.17) is 4.74 Å². The van der Waals surface area contributed by atoms with E-state index in [0.717, 1.165) is 17.8 Å². The van der Waals surface area contributed by atoms with Crippen LogP contribution in [0.4, 0.5) is 0 Å². The van der Waals surface area contributed by atoms with Gasteiger partial charge >= 0.3 is 5.97 Å². The Bertz CT molecular complexity index is 420. The zero-order valence-electron chi connectivity index (χ0n) is 15.4. The Labute approximate surface area is 136 Å². The fraction of sp³-hybridized carbons (Fsp3) is 0.950. The maximum atomic E-state index is 12.7. The Morgan fingerprint density at radius 1 is 0.955 bits per heavy atom. The number of ether oxygens (including phenoxy) is 1. The minimum absolute atomic E-state index is 0.00625. The number of carbonyl (C=O) groups excluding carboxylic acids is 1. The van der Waals surface area contributed by atoms with Crippen LogP contribution in [0.25, 0.3) is 0 Å². The highest BCUT2D eigenvalue weighted by Crippen LogP contribution is 2.64. The quantitative estimate of drug-likeness (QED) is 0.669. The predicted molar refractivity (Wildman–Crippen MR) is 89.4 cm³/mol. The van der Waals surface area contributed by atoms with E-state index in [9.17, 15) is 4.79 Å². The van der Waals surface area contributed by atoms with E-state index in [-0.39, 0.29) is 28.3 Å². The molecule has 4 rings (SSSR count). The van der Waals surface area contributed by atoms with Crippen molar-refractivity contribution in [3.63, 3.8) is 0 Å². The molecule has 1 unspecified atom stereocenters. The van der Waals surface area contributed by atoms with Crippen LogP contribution in [0.15, 0.2) is 0 Å². The molecule has 2 nitrogen and oxygen atoms in total. The molecule has 0 saturated heterocycles. The first-order valence-electron chi connectivity index (χ1n) is 9.25. The van der Waals surface area contributed by atoms with Gasteiger partial charge in [0.2, 0.25) is 0 Å². The van der Waals surface area contributed by atoms with Crippen molar-refractivity contribution in [2.75, 3.05) is 0 Å². The van der Waals surface area contributed by atoms with E-state index in [1.165, 1.54) is 38.5 Å². The minimum Gasteiger partial charge on any atom is -0.459 e. The van der Waals surface area contributed by atoms with Crippen molar-refractivity contribution in [2.45, 2.75) is 85.7 Å². The number of hydrogen-bond donors (Lipinski definition) is 0. The molecule has 0 spiro atoms. The third-order valence-electron chi connectivity index (χ3n) is 7.32. The first kappa shape index (κ1) is 16.3. The van der Waals surface area contributed by atoms with Crippen LogP contribution in [-0.2, 0) is 9.53 Å². The second-order valence-corrected chi connectivity index (χ2v) is 10.2. The zero-order valence-corrected chi connectivity index (χ0v) is 15.4. The van der Waals surface area contributed by atoms with Crippen molar-refractivity contribution in [3.8, 4) is 0 Å². The number of hydrogen-bond acceptors (Lipinski definition) is 2. The summed E-state index contributed by atoms with van der Waals surface area (Å²) in [7, 11) is 0. The van der Waals surface area contributed by atoms with Crippen molar-refractivity contribution in [2.24, 2.45) is 34.5 Å². The average molecular weight is 306 g/mol. The lowest BCUT2D eigenvalue weighted by Gasteiger charge is -2.61. The molecule has 22 heavy (non-hydrogen) atoms. The second kappa shape index (κ2) is 4.98. The topological polar surface area (TPSA) is 26.3 Å². The number of carbonyl (C=O) groups is 1. The van der Waals surface area contributed by atoms with Crippen molar-refractivity contribution in [1.82, 2.24) is 0 Å². The molecule has 4 aliphatic rings. The van der Waals surface area contributed by atoms with Crippen LogP contribution in [0, 0.1) is 34.5 Å². The van der Waals surface area contributed by atoms with Crippen LogP contribution in [0.1, 0.15) is 80.1 Å². The summed E-state index contributed by atoms with van der Waals surface area (Å²) in [5.74, 6) is 2.62. The Morgan fingerprint density at radius 3 is 1.73 bits per heavy atom. The molecule has 0 aromatic heterocycles. The molecule has 126 valence electrons. The summed E-state index contributed by atoms with van der Waals surface area (Å²) in [6, 6.07) is 0. The minimum atomic E-state index is -0.320. The van der Waals surface area contributed by atoms with E-state index < -0.39 is 0 Å². The van der Waals surface area contributed by atoms with Gasteiger partial charge in [-0.25, -0.2) is 0 Å². The fourth-order valence-corrected chi connectivity index (χ4v) is 5.65. The van der Waals surface area contributed by atoms with Crippen molar-refractivity contribution in [3.05, 3.63) is 0 Å². The third-order valence-corrected chi connectivity index (χ3v) is 7.32. The molecule has 4 saturated carbocycles. The summed E-state index contributed by atoms with van der Waals surface area (Å²) in [5.41, 5.74) is -0.108. The molecule has 0 aromatic rings. The summed E-state index contributed by atoms with van der Waals surface area (Å²) >= 11 is 0. The van der Waals surface area contributed by atoms with E-state index in [2.05, 4.69) is 34.6 Å². The fourth-order valence-electron chi connectivity index (χ4n) is 5.65. The summed E-state index contributed by atoms with van der Waals surface area (Å²) in [4.78, 5) is 12.7. The van der Waals surface area contributed by atoms with Crippen LogP contribution in [0.2, 0.25) is 0 Å². The van der Waals surface area contributed by atoms with Gasteiger partial charge in [0.05, 0.1) is 5.92 Å². The molecular weight excluding hydrogens is 272 g/mol. The zero-order chi connectivity index (χ0) is 16.3. The first-order chi connectivity index (χ1) is 10.0. The molecule has 0 heterocycles. The molecule has 0 aliphatic heterocycles. The van der Waals surface area contributed by atoms with Gasteiger partial charge in [0, 0.05) is 5.41 Å². The normalized spacial score (nSPS) is 38.9. The largest absolute Gasteiger partial charge is 0.459 e. The number of rotatable bonds is 3. The van der Waals surface area contributed by atoms with Gasteiger partial charge < -0.3 is 4.74 Å². The molecule has 4 fully saturated rings. The molecule has 4 bridgehead atoms. The third kappa shape index (κ3) is 2.61. The van der Waals surface area contributed by atoms with E-state index in [1.54, 1.807) is 0 Å². The van der Waals surface area contributed by atoms with Gasteiger partial charge in [0.15, 0.2) is 0 Å². The summed E-state index contributed by atoms with van der Waals surface area (Å²) < 4.78 is 6.17. The Balaban J connectivity index is 1.77. The summed E-state index contributed by atoms with van der Waals surface area (Å²) in [6.07, 6.45) is 8.14. The Hall–Kier alpha value is -0.530. The van der Waals surface area contributed by atoms with E-state index >= 15 is 0 Å². The summed E-state index contributed by atoms with van der Waals surface area (Å²) in [6.45, 7) is 12.8. The van der Waals surface area contributed by atoms with Crippen LogP contribution in [-0.4, -0.2) is 11.6 Å². The monoisotopic (exact) mass is 306 g/mol. The van der Waals surface area contributed by atoms with Gasteiger partial charge in [-0.3, -0.25) is 4.79 Å². The highest BCUT2D eigenvalue weighted by molar-refractivity contribution is 5.73. The second-order valence-electron chi connectivity index (χ2n) is 10.2. The predicted octanol–water partition coefficient (Wildman–Crippen LogP) is 5.21. The van der Waals surface area contributed by atoms with Gasteiger partial charge in [-0.15, -0.1) is 0 Å². The lowest BCUT2D eigenvalue weighted by Crippen LogP contribution is -2.57. The maximum absolute atomic E-state index is 12.7. The highest BCUT2D eigenvalue weighted by atomic mass is 16.6. The molecule has 0 aromatic carbocycles. The van der Waals surface area contributed by atoms with Gasteiger partial charge in [-0.2, -0.15) is 0 Å². The van der Waals surface area contributed by atoms with Crippen LogP contribution >= 0.6 is 0 Å². The maximum Gasteiger partial charge on any atom is 0.309 e. The lowest BCUT2D eigenvalue weighted by molar-refractivity contribution is -0.204. The van der Waals surface area contributed by atoms with Gasteiger partial charge in [-0.05, 0) is 75.5 Å². The van der Waals surface area contributed by atoms with Crippen molar-refractivity contribution >= 4 is 5.97 Å². The first-order valence-corrected chi connectivity index (χ1v) is 9.25. The molecule has 0 radical (unpaired) electrons. The smallest absolute Gasteiger partial charge is 0.309 e. The van der Waals surface area contributed by atoms with Gasteiger partial charge in [0.1, 0.15) is 5.60 Å². The van der Waals surface area contributed by atoms with Crippen LogP contribution < -0.4 is 0 Å². The number of esters is 1. The molecule has 0 N–H and O–H groups in total. The summed E-state index contributed by atoms with van der Waals surface area (Å²) in [5, 5.41) is 0. The molecule has 4 aliphatic carbocycles. The lowest BCUT2D eigenvalue weighted by atomic mass is 9.46. The highest BCUT2D eigenvalue weighted by Gasteiger charge is 2.59. The Morgan fingerprint density at radius 2 is 1.36 bits per heavy atom. The van der Waals surface area contributed by atoms with Crippen LogP contribution in [0.3, 0.4) is 0 Å². The van der Waals surface area contributed by atoms with E-state index in [0.29, 0.717) is 0 Å². The van der Waals surface area contributed by atoms with Crippen molar-refractivity contribution < 1.29 is 9.53 Å². The average Bonchev–Trinajstić information content (AvgIpc) is 2.34.